The molecule has 0 radical (unpaired) electrons. The molecule has 0 aliphatic rings. The van der Waals surface area contributed by atoms with Gasteiger partial charge >= 0.3 is 0 Å². The maximum absolute atomic E-state index is 4.53. The molecule has 0 bridgehead atoms. The Hall–Kier alpha value is -2.76. The molecule has 6 heteroatoms. The first-order chi connectivity index (χ1) is 10.8. The molecule has 3 aromatic rings. The first-order valence-corrected chi connectivity index (χ1v) is 7.37. The average Bonchev–Trinajstić information content (AvgIpc) is 2.57. The second kappa shape index (κ2) is 6.34. The van der Waals surface area contributed by atoms with Crippen molar-refractivity contribution in [2.45, 2.75) is 13.8 Å². The van der Waals surface area contributed by atoms with Crippen LogP contribution in [0.4, 0.5) is 17.5 Å². The lowest BCUT2D eigenvalue weighted by Gasteiger charge is -2.19. The molecule has 0 saturated heterocycles. The van der Waals surface area contributed by atoms with Gasteiger partial charge in [-0.25, -0.2) is 0 Å². The van der Waals surface area contributed by atoms with E-state index >= 15 is 0 Å². The van der Waals surface area contributed by atoms with Gasteiger partial charge in [0.05, 0.1) is 17.4 Å². The molecule has 1 N–H and O–H groups in total. The Morgan fingerprint density at radius 1 is 1.09 bits per heavy atom. The normalized spacial score (nSPS) is 10.6. The maximum Gasteiger partial charge on any atom is 0.249 e. The molecule has 0 spiro atoms. The second-order valence-corrected chi connectivity index (χ2v) is 4.82. The van der Waals surface area contributed by atoms with Crippen molar-refractivity contribution in [3.8, 4) is 0 Å². The number of para-hydroxylation sites is 1. The number of anilines is 3. The number of nitrogens with one attached hydrogen (secondary N) is 1. The van der Waals surface area contributed by atoms with E-state index in [2.05, 4.69) is 44.2 Å². The summed E-state index contributed by atoms with van der Waals surface area (Å²) in [5.41, 5.74) is 1.76. The highest BCUT2D eigenvalue weighted by atomic mass is 15.3. The summed E-state index contributed by atoms with van der Waals surface area (Å²) in [7, 11) is 0. The van der Waals surface area contributed by atoms with Crippen molar-refractivity contribution in [3.63, 3.8) is 0 Å². The standard InChI is InChI=1S/C16H18N6/c1-3-22(4-2)14-11-18-21-16(20-14)19-13-9-5-7-12-8-6-10-17-15(12)13/h5-11H,3-4H2,1-2H3,(H,19,20,21). The quantitative estimate of drug-likeness (QED) is 0.780. The van der Waals surface area contributed by atoms with Crippen molar-refractivity contribution in [2.75, 3.05) is 23.3 Å². The molecule has 3 rings (SSSR count). The van der Waals surface area contributed by atoms with Crippen molar-refractivity contribution >= 4 is 28.4 Å². The van der Waals surface area contributed by atoms with Crippen molar-refractivity contribution in [1.29, 1.82) is 0 Å². The van der Waals surface area contributed by atoms with Crippen molar-refractivity contribution in [1.82, 2.24) is 20.2 Å². The summed E-state index contributed by atoms with van der Waals surface area (Å²) in [4.78, 5) is 11.1. The lowest BCUT2D eigenvalue weighted by molar-refractivity contribution is 0.826. The van der Waals surface area contributed by atoms with Crippen LogP contribution in [0.3, 0.4) is 0 Å². The zero-order chi connectivity index (χ0) is 15.4. The Balaban J connectivity index is 1.94. The molecule has 0 amide bonds. The molecule has 0 aliphatic heterocycles. The van der Waals surface area contributed by atoms with Crippen LogP contribution in [0.5, 0.6) is 0 Å². The van der Waals surface area contributed by atoms with Crippen molar-refractivity contribution in [2.24, 2.45) is 0 Å². The minimum Gasteiger partial charge on any atom is -0.356 e. The summed E-state index contributed by atoms with van der Waals surface area (Å²) >= 11 is 0. The third-order valence-corrected chi connectivity index (χ3v) is 3.51. The minimum atomic E-state index is 0.475. The number of fused-ring (bicyclic) bond motifs is 1. The molecule has 2 heterocycles. The van der Waals surface area contributed by atoms with Crippen LogP contribution in [0.25, 0.3) is 10.9 Å². The first kappa shape index (κ1) is 14.2. The van der Waals surface area contributed by atoms with E-state index < -0.39 is 0 Å². The van der Waals surface area contributed by atoms with Crippen LogP contribution in [0.2, 0.25) is 0 Å². The highest BCUT2D eigenvalue weighted by Crippen LogP contribution is 2.23. The van der Waals surface area contributed by atoms with E-state index in [4.69, 9.17) is 0 Å². The van der Waals surface area contributed by atoms with Crippen LogP contribution in [0.1, 0.15) is 13.8 Å². The summed E-state index contributed by atoms with van der Waals surface area (Å²) in [5, 5.41) is 12.4. The smallest absolute Gasteiger partial charge is 0.249 e. The van der Waals surface area contributed by atoms with Gasteiger partial charge in [0, 0.05) is 24.7 Å². The molecule has 1 aromatic carbocycles. The first-order valence-electron chi connectivity index (χ1n) is 7.37. The van der Waals surface area contributed by atoms with E-state index in [1.807, 2.05) is 30.3 Å². The van der Waals surface area contributed by atoms with E-state index in [-0.39, 0.29) is 0 Å². The van der Waals surface area contributed by atoms with E-state index in [1.165, 1.54) is 0 Å². The molecule has 22 heavy (non-hydrogen) atoms. The third kappa shape index (κ3) is 2.81. The molecule has 0 fully saturated rings. The monoisotopic (exact) mass is 294 g/mol. The second-order valence-electron chi connectivity index (χ2n) is 4.82. The number of aromatic nitrogens is 4. The number of hydrogen-bond donors (Lipinski definition) is 1. The van der Waals surface area contributed by atoms with Gasteiger partial charge in [0.25, 0.3) is 0 Å². The van der Waals surface area contributed by atoms with Crippen LogP contribution < -0.4 is 10.2 Å². The van der Waals surface area contributed by atoms with Gasteiger partial charge < -0.3 is 10.2 Å². The summed E-state index contributed by atoms with van der Waals surface area (Å²) in [6.07, 6.45) is 3.46. The third-order valence-electron chi connectivity index (χ3n) is 3.51. The van der Waals surface area contributed by atoms with Gasteiger partial charge in [0.15, 0.2) is 5.82 Å². The average molecular weight is 294 g/mol. The Morgan fingerprint density at radius 3 is 2.73 bits per heavy atom. The van der Waals surface area contributed by atoms with E-state index in [9.17, 15) is 0 Å². The number of hydrogen-bond acceptors (Lipinski definition) is 6. The highest BCUT2D eigenvalue weighted by Gasteiger charge is 2.08. The Morgan fingerprint density at radius 2 is 1.91 bits per heavy atom. The van der Waals surface area contributed by atoms with Crippen molar-refractivity contribution in [3.05, 3.63) is 42.7 Å². The molecule has 112 valence electrons. The van der Waals surface area contributed by atoms with E-state index in [0.717, 1.165) is 35.5 Å². The minimum absolute atomic E-state index is 0.475. The zero-order valence-electron chi connectivity index (χ0n) is 12.7. The van der Waals surface area contributed by atoms with Gasteiger partial charge in [-0.2, -0.15) is 10.1 Å². The Kier molecular flexibility index (Phi) is 4.09. The van der Waals surface area contributed by atoms with Crippen LogP contribution in [0.15, 0.2) is 42.7 Å². The molecular formula is C16H18N6. The Labute approximate surface area is 129 Å². The van der Waals surface area contributed by atoms with Crippen molar-refractivity contribution < 1.29 is 0 Å². The van der Waals surface area contributed by atoms with Gasteiger partial charge in [-0.05, 0) is 26.0 Å². The number of nitrogens with zero attached hydrogens (tertiary/aromatic N) is 5. The summed E-state index contributed by atoms with van der Waals surface area (Å²) in [5.74, 6) is 1.29. The lowest BCUT2D eigenvalue weighted by atomic mass is 10.2. The topological polar surface area (TPSA) is 66.8 Å². The number of benzene rings is 1. The maximum atomic E-state index is 4.53. The zero-order valence-corrected chi connectivity index (χ0v) is 12.7. The SMILES string of the molecule is CCN(CC)c1cnnc(Nc2cccc3cccnc23)n1. The molecule has 6 nitrogen and oxygen atoms in total. The predicted molar refractivity (Wildman–Crippen MR) is 88.4 cm³/mol. The fourth-order valence-corrected chi connectivity index (χ4v) is 2.37. The van der Waals surface area contributed by atoms with Gasteiger partial charge in [0.1, 0.15) is 0 Å². The number of rotatable bonds is 5. The molecule has 2 aromatic heterocycles. The lowest BCUT2D eigenvalue weighted by Crippen LogP contribution is -2.23. The largest absolute Gasteiger partial charge is 0.356 e. The van der Waals surface area contributed by atoms with E-state index in [0.29, 0.717) is 5.95 Å². The molecule has 0 saturated carbocycles. The summed E-state index contributed by atoms with van der Waals surface area (Å²) in [6, 6.07) is 9.92. The molecule has 0 atom stereocenters. The predicted octanol–water partition coefficient (Wildman–Crippen LogP) is 3.01. The highest BCUT2D eigenvalue weighted by molar-refractivity contribution is 5.91. The van der Waals surface area contributed by atoms with Gasteiger partial charge in [0.2, 0.25) is 5.95 Å². The van der Waals surface area contributed by atoms with Gasteiger partial charge in [-0.15, -0.1) is 5.10 Å². The Bertz CT molecular complexity index is 764. The summed E-state index contributed by atoms with van der Waals surface area (Å²) < 4.78 is 0. The van der Waals surface area contributed by atoms with Gasteiger partial charge in [-0.1, -0.05) is 18.2 Å². The van der Waals surface area contributed by atoms with Crippen LogP contribution in [-0.4, -0.2) is 33.3 Å². The van der Waals surface area contributed by atoms with Gasteiger partial charge in [-0.3, -0.25) is 4.98 Å². The molecule has 0 aliphatic carbocycles. The number of pyridine rings is 1. The van der Waals surface area contributed by atoms with E-state index in [1.54, 1.807) is 12.4 Å². The molecule has 0 unspecified atom stereocenters. The fourth-order valence-electron chi connectivity index (χ4n) is 2.37. The summed E-state index contributed by atoms with van der Waals surface area (Å²) in [6.45, 7) is 5.94. The van der Waals surface area contributed by atoms with Crippen LogP contribution in [-0.2, 0) is 0 Å². The fraction of sp³-hybridized carbons (Fsp3) is 0.250. The van der Waals surface area contributed by atoms with Crippen LogP contribution >= 0.6 is 0 Å². The van der Waals surface area contributed by atoms with Crippen LogP contribution in [0, 0.1) is 0 Å². The molecular weight excluding hydrogens is 276 g/mol.